The standard InChI is InChI=1S/C25H29F3N6O2/c1-24(2,3)14-31-21(25(26,27)28)15-4-6-17(7-5-15)32-22-20-18(8-10-30-23(20)35)34(33-22)19-13-36-11-9-16(19)12-29/h4-8,10,16,19,21,31H,9,11,13-14H2,1-3H3,(H,30,35)(H,32,33). The Morgan fingerprint density at radius 2 is 1.97 bits per heavy atom. The topological polar surface area (TPSA) is 108 Å². The molecule has 3 aromatic rings. The summed E-state index contributed by atoms with van der Waals surface area (Å²) in [7, 11) is 0. The maximum absolute atomic E-state index is 13.7. The third-order valence-electron chi connectivity index (χ3n) is 6.11. The first-order chi connectivity index (χ1) is 17.0. The van der Waals surface area contributed by atoms with Gasteiger partial charge in [0.15, 0.2) is 5.82 Å². The number of ether oxygens (including phenoxy) is 1. The second-order valence-electron chi connectivity index (χ2n) is 10.2. The highest BCUT2D eigenvalue weighted by Crippen LogP contribution is 2.35. The fourth-order valence-corrected chi connectivity index (χ4v) is 4.28. The van der Waals surface area contributed by atoms with Crippen LogP contribution in [-0.2, 0) is 4.74 Å². The predicted molar refractivity (Wildman–Crippen MR) is 130 cm³/mol. The number of rotatable bonds is 6. The van der Waals surface area contributed by atoms with E-state index in [0.29, 0.717) is 29.6 Å². The van der Waals surface area contributed by atoms with Gasteiger partial charge in [-0.2, -0.15) is 23.5 Å². The molecule has 3 heterocycles. The number of pyridine rings is 1. The molecular formula is C25H29F3N6O2. The van der Waals surface area contributed by atoms with Crippen molar-refractivity contribution in [3.8, 4) is 6.07 Å². The molecule has 1 aliphatic heterocycles. The molecule has 1 aromatic carbocycles. The van der Waals surface area contributed by atoms with Gasteiger partial charge in [0, 0.05) is 25.0 Å². The Bertz CT molecular complexity index is 1300. The van der Waals surface area contributed by atoms with Gasteiger partial charge in [-0.05, 0) is 35.6 Å². The van der Waals surface area contributed by atoms with Gasteiger partial charge in [0.1, 0.15) is 11.4 Å². The molecule has 1 saturated heterocycles. The molecular weight excluding hydrogens is 473 g/mol. The molecule has 0 spiro atoms. The van der Waals surface area contributed by atoms with Gasteiger partial charge in [-0.25, -0.2) is 0 Å². The number of nitrogens with zero attached hydrogens (tertiary/aromatic N) is 3. The molecule has 4 rings (SSSR count). The van der Waals surface area contributed by atoms with E-state index < -0.39 is 12.2 Å². The van der Waals surface area contributed by atoms with Crippen LogP contribution in [0.3, 0.4) is 0 Å². The number of aromatic nitrogens is 3. The number of H-pyrrole nitrogens is 1. The average molecular weight is 503 g/mol. The van der Waals surface area contributed by atoms with Crippen molar-refractivity contribution in [3.05, 3.63) is 52.4 Å². The Labute approximate surface area is 206 Å². The molecule has 11 heteroatoms. The lowest BCUT2D eigenvalue weighted by molar-refractivity contribution is -0.158. The van der Waals surface area contributed by atoms with Crippen LogP contribution in [-0.4, -0.2) is 40.7 Å². The lowest BCUT2D eigenvalue weighted by Gasteiger charge is -2.27. The number of halogens is 3. The van der Waals surface area contributed by atoms with E-state index in [0.717, 1.165) is 0 Å². The lowest BCUT2D eigenvalue weighted by Crippen LogP contribution is -2.38. The number of anilines is 2. The van der Waals surface area contributed by atoms with Crippen molar-refractivity contribution in [2.24, 2.45) is 11.3 Å². The maximum atomic E-state index is 13.7. The van der Waals surface area contributed by atoms with E-state index in [1.807, 2.05) is 20.8 Å². The molecule has 0 bridgehead atoms. The second kappa shape index (κ2) is 9.95. The minimum absolute atomic E-state index is 0.0850. The zero-order valence-corrected chi connectivity index (χ0v) is 20.3. The normalized spacial score (nSPS) is 19.7. The molecule has 3 unspecified atom stereocenters. The van der Waals surface area contributed by atoms with Crippen LogP contribution >= 0.6 is 0 Å². The average Bonchev–Trinajstić information content (AvgIpc) is 3.18. The summed E-state index contributed by atoms with van der Waals surface area (Å²) >= 11 is 0. The molecule has 3 atom stereocenters. The number of alkyl halides is 3. The quantitative estimate of drug-likeness (QED) is 0.447. The van der Waals surface area contributed by atoms with Crippen molar-refractivity contribution in [1.29, 1.82) is 5.26 Å². The van der Waals surface area contributed by atoms with Crippen LogP contribution in [0.4, 0.5) is 24.7 Å². The number of nitrogens with one attached hydrogen (secondary N) is 3. The summed E-state index contributed by atoms with van der Waals surface area (Å²) in [5.74, 6) is -0.0757. The highest BCUT2D eigenvalue weighted by atomic mass is 19.4. The van der Waals surface area contributed by atoms with Gasteiger partial charge in [0.25, 0.3) is 5.56 Å². The second-order valence-corrected chi connectivity index (χ2v) is 10.2. The van der Waals surface area contributed by atoms with Gasteiger partial charge < -0.3 is 20.4 Å². The molecule has 3 N–H and O–H groups in total. The van der Waals surface area contributed by atoms with Crippen molar-refractivity contribution in [1.82, 2.24) is 20.1 Å². The van der Waals surface area contributed by atoms with E-state index in [2.05, 4.69) is 26.8 Å². The zero-order valence-electron chi connectivity index (χ0n) is 20.3. The summed E-state index contributed by atoms with van der Waals surface area (Å²) in [5, 5.41) is 20.1. The molecule has 36 heavy (non-hydrogen) atoms. The number of benzene rings is 1. The van der Waals surface area contributed by atoms with Crippen LogP contribution in [0.2, 0.25) is 0 Å². The molecule has 8 nitrogen and oxygen atoms in total. The SMILES string of the molecule is CC(C)(C)CNC(c1ccc(Nc2nn(C3COCCC3C#N)c3cc[nH]c(=O)c23)cc1)C(F)(F)F. The maximum Gasteiger partial charge on any atom is 0.407 e. The van der Waals surface area contributed by atoms with Gasteiger partial charge >= 0.3 is 6.18 Å². The summed E-state index contributed by atoms with van der Waals surface area (Å²) in [6.07, 6.45) is -2.39. The van der Waals surface area contributed by atoms with Crippen LogP contribution in [0.1, 0.15) is 44.8 Å². The van der Waals surface area contributed by atoms with Gasteiger partial charge in [0.2, 0.25) is 0 Å². The van der Waals surface area contributed by atoms with E-state index in [9.17, 15) is 23.2 Å². The van der Waals surface area contributed by atoms with E-state index in [-0.39, 0.29) is 47.5 Å². The number of fused-ring (bicyclic) bond motifs is 1. The largest absolute Gasteiger partial charge is 0.407 e. The van der Waals surface area contributed by atoms with Gasteiger partial charge in [-0.1, -0.05) is 32.9 Å². The molecule has 192 valence electrons. The van der Waals surface area contributed by atoms with Crippen molar-refractivity contribution >= 4 is 22.4 Å². The van der Waals surface area contributed by atoms with Crippen LogP contribution < -0.4 is 16.2 Å². The highest BCUT2D eigenvalue weighted by Gasteiger charge is 2.41. The third-order valence-corrected chi connectivity index (χ3v) is 6.11. The number of aromatic amines is 1. The number of hydrogen-bond donors (Lipinski definition) is 3. The Kier molecular flexibility index (Phi) is 7.11. The fourth-order valence-electron chi connectivity index (χ4n) is 4.28. The van der Waals surface area contributed by atoms with Crippen LogP contribution in [0, 0.1) is 22.7 Å². The highest BCUT2D eigenvalue weighted by molar-refractivity contribution is 5.91. The number of hydrogen-bond acceptors (Lipinski definition) is 6. The number of nitriles is 1. The zero-order chi connectivity index (χ0) is 26.1. The monoisotopic (exact) mass is 502 g/mol. The Balaban J connectivity index is 1.64. The van der Waals surface area contributed by atoms with E-state index in [1.165, 1.54) is 30.5 Å². The van der Waals surface area contributed by atoms with E-state index >= 15 is 0 Å². The molecule has 0 aliphatic carbocycles. The molecule has 1 aliphatic rings. The van der Waals surface area contributed by atoms with Crippen molar-refractivity contribution in [2.75, 3.05) is 25.1 Å². The van der Waals surface area contributed by atoms with E-state index in [4.69, 9.17) is 4.74 Å². The minimum atomic E-state index is -4.46. The first-order valence-corrected chi connectivity index (χ1v) is 11.7. The minimum Gasteiger partial charge on any atom is -0.379 e. The fraction of sp³-hybridized carbons (Fsp3) is 0.480. The summed E-state index contributed by atoms with van der Waals surface area (Å²) in [5.41, 5.74) is 0.416. The summed E-state index contributed by atoms with van der Waals surface area (Å²) in [6.45, 7) is 6.56. The van der Waals surface area contributed by atoms with Gasteiger partial charge in [0.05, 0.1) is 30.2 Å². The smallest absolute Gasteiger partial charge is 0.379 e. The Hall–Kier alpha value is -3.36. The van der Waals surface area contributed by atoms with Crippen LogP contribution in [0.25, 0.3) is 10.9 Å². The third kappa shape index (κ3) is 5.55. The molecule has 2 aromatic heterocycles. The first kappa shape index (κ1) is 25.7. The van der Waals surface area contributed by atoms with E-state index in [1.54, 1.807) is 10.7 Å². The van der Waals surface area contributed by atoms with Crippen molar-refractivity contribution < 1.29 is 17.9 Å². The molecule has 0 amide bonds. The Morgan fingerprint density at radius 3 is 2.61 bits per heavy atom. The summed E-state index contributed by atoms with van der Waals surface area (Å²) in [4.78, 5) is 15.3. The summed E-state index contributed by atoms with van der Waals surface area (Å²) < 4.78 is 48.4. The molecule has 0 saturated carbocycles. The first-order valence-electron chi connectivity index (χ1n) is 11.7. The van der Waals surface area contributed by atoms with Crippen molar-refractivity contribution in [2.45, 2.75) is 45.5 Å². The Morgan fingerprint density at radius 1 is 1.25 bits per heavy atom. The predicted octanol–water partition coefficient (Wildman–Crippen LogP) is 4.81. The van der Waals surface area contributed by atoms with Crippen molar-refractivity contribution in [3.63, 3.8) is 0 Å². The van der Waals surface area contributed by atoms with Crippen LogP contribution in [0.5, 0.6) is 0 Å². The van der Waals surface area contributed by atoms with Crippen LogP contribution in [0.15, 0.2) is 41.3 Å². The lowest BCUT2D eigenvalue weighted by atomic mass is 9.95. The molecule has 1 fully saturated rings. The molecule has 0 radical (unpaired) electrons. The van der Waals surface area contributed by atoms with Gasteiger partial charge in [-0.15, -0.1) is 0 Å². The summed E-state index contributed by atoms with van der Waals surface area (Å²) in [6, 6.07) is 7.68. The van der Waals surface area contributed by atoms with Gasteiger partial charge in [-0.3, -0.25) is 9.48 Å².